The number of hydrogen-bond acceptors (Lipinski definition) is 6. The Bertz CT molecular complexity index is 1670. The molecule has 0 aliphatic carbocycles. The van der Waals surface area contributed by atoms with E-state index in [1.165, 1.54) is 37.0 Å². The third-order valence-corrected chi connectivity index (χ3v) is 8.49. The fourth-order valence-corrected chi connectivity index (χ4v) is 6.09. The van der Waals surface area contributed by atoms with Gasteiger partial charge in [-0.15, -0.1) is 0 Å². The number of fused-ring (bicyclic) bond motifs is 2. The molecule has 9 nitrogen and oxygen atoms in total. The quantitative estimate of drug-likeness (QED) is 0.165. The number of aromatic hydroxyl groups is 1. The molecule has 6 rings (SSSR count). The number of nitrogens with one attached hydrogen (secondary N) is 1. The Morgan fingerprint density at radius 2 is 1.79 bits per heavy atom. The summed E-state index contributed by atoms with van der Waals surface area (Å²) < 4.78 is 0. The van der Waals surface area contributed by atoms with Gasteiger partial charge in [0.15, 0.2) is 5.88 Å². The van der Waals surface area contributed by atoms with Crippen LogP contribution in [0.25, 0.3) is 10.9 Å². The number of carbonyl (C=O) groups is 1. The first-order valence-corrected chi connectivity index (χ1v) is 14.6. The van der Waals surface area contributed by atoms with Crippen LogP contribution in [0.2, 0.25) is 0 Å². The summed E-state index contributed by atoms with van der Waals surface area (Å²) >= 11 is 0. The van der Waals surface area contributed by atoms with Gasteiger partial charge in [0, 0.05) is 55.2 Å². The average Bonchev–Trinajstić information content (AvgIpc) is 3.33. The highest BCUT2D eigenvalue weighted by atomic mass is 16.6. The van der Waals surface area contributed by atoms with Gasteiger partial charge in [-0.3, -0.25) is 14.9 Å². The number of hydrogen-bond donors (Lipinski definition) is 2. The maximum atomic E-state index is 11.9. The Balaban J connectivity index is 1.39. The number of H-pyrrole nitrogens is 1. The van der Waals surface area contributed by atoms with Gasteiger partial charge < -0.3 is 19.9 Å². The standard InChI is InChI=1S/C33H35N5O4/c1-22(39)37-18-14-25-19-27(10-9-26(25)21-37)34-32(31-29-20-28(38(41)42)11-12-30(29)35-33(31)40)24-7-5-23(6-8-24)13-17-36-15-3-2-4-16-36/h5-12,19-20,35,40H,2-4,13-18,21H2,1H3. The zero-order valence-electron chi connectivity index (χ0n) is 23.8. The second kappa shape index (κ2) is 11.8. The molecule has 4 aromatic rings. The van der Waals surface area contributed by atoms with Crippen LogP contribution < -0.4 is 0 Å². The van der Waals surface area contributed by atoms with Crippen LogP contribution in [0, 0.1) is 10.1 Å². The lowest BCUT2D eigenvalue weighted by Gasteiger charge is -2.28. The number of nitro groups is 1. The summed E-state index contributed by atoms with van der Waals surface area (Å²) in [4.78, 5) is 35.4. The number of nitro benzene ring substituents is 1. The van der Waals surface area contributed by atoms with Crippen LogP contribution in [-0.2, 0) is 24.2 Å². The van der Waals surface area contributed by atoms with E-state index in [0.29, 0.717) is 41.0 Å². The topological polar surface area (TPSA) is 115 Å². The van der Waals surface area contributed by atoms with E-state index in [-0.39, 0.29) is 17.5 Å². The number of rotatable bonds is 7. The van der Waals surface area contributed by atoms with Gasteiger partial charge in [-0.2, -0.15) is 0 Å². The number of amides is 1. The third kappa shape index (κ3) is 5.78. The minimum atomic E-state index is -0.435. The summed E-state index contributed by atoms with van der Waals surface area (Å²) in [6, 6.07) is 18.7. The minimum Gasteiger partial charge on any atom is -0.494 e. The summed E-state index contributed by atoms with van der Waals surface area (Å²) in [7, 11) is 0. The predicted molar refractivity (Wildman–Crippen MR) is 164 cm³/mol. The zero-order chi connectivity index (χ0) is 29.2. The lowest BCUT2D eigenvalue weighted by molar-refractivity contribution is -0.384. The van der Waals surface area contributed by atoms with E-state index in [1.807, 2.05) is 35.2 Å². The van der Waals surface area contributed by atoms with E-state index in [4.69, 9.17) is 4.99 Å². The molecule has 3 heterocycles. The van der Waals surface area contributed by atoms with Crippen molar-refractivity contribution in [2.45, 2.75) is 45.6 Å². The van der Waals surface area contributed by atoms with Crippen molar-refractivity contribution < 1.29 is 14.8 Å². The maximum absolute atomic E-state index is 11.9. The predicted octanol–water partition coefficient (Wildman–Crippen LogP) is 5.88. The van der Waals surface area contributed by atoms with Crippen molar-refractivity contribution in [3.05, 3.63) is 98.6 Å². The first kappa shape index (κ1) is 27.7. The fourth-order valence-electron chi connectivity index (χ4n) is 6.09. The van der Waals surface area contributed by atoms with Crippen LogP contribution in [0.3, 0.4) is 0 Å². The Morgan fingerprint density at radius 1 is 1.00 bits per heavy atom. The molecule has 9 heteroatoms. The molecule has 0 spiro atoms. The number of nitrogens with zero attached hydrogens (tertiary/aromatic N) is 4. The Morgan fingerprint density at radius 3 is 2.52 bits per heavy atom. The minimum absolute atomic E-state index is 0.0565. The van der Waals surface area contributed by atoms with Crippen LogP contribution in [-0.4, -0.2) is 62.6 Å². The molecule has 1 amide bonds. The molecule has 0 unspecified atom stereocenters. The molecule has 0 saturated carbocycles. The molecule has 0 atom stereocenters. The molecular formula is C33H35N5O4. The molecule has 216 valence electrons. The van der Waals surface area contributed by atoms with Crippen molar-refractivity contribution in [2.75, 3.05) is 26.2 Å². The highest BCUT2D eigenvalue weighted by Gasteiger charge is 2.22. The summed E-state index contributed by atoms with van der Waals surface area (Å²) in [5.74, 6) is -0.0261. The molecule has 42 heavy (non-hydrogen) atoms. The van der Waals surface area contributed by atoms with Crippen LogP contribution in [0.15, 0.2) is 65.7 Å². The Kier molecular flexibility index (Phi) is 7.75. The normalized spacial score (nSPS) is 16.0. The van der Waals surface area contributed by atoms with Crippen molar-refractivity contribution >= 4 is 33.9 Å². The van der Waals surface area contributed by atoms with Crippen molar-refractivity contribution in [3.63, 3.8) is 0 Å². The Labute approximate surface area is 244 Å². The van der Waals surface area contributed by atoms with Crippen LogP contribution in [0.4, 0.5) is 11.4 Å². The van der Waals surface area contributed by atoms with Gasteiger partial charge >= 0.3 is 0 Å². The molecular weight excluding hydrogens is 530 g/mol. The molecule has 2 aliphatic rings. The number of aliphatic imine (C=N–C) groups is 1. The largest absolute Gasteiger partial charge is 0.494 e. The first-order valence-electron chi connectivity index (χ1n) is 14.6. The van der Waals surface area contributed by atoms with Crippen LogP contribution >= 0.6 is 0 Å². The number of aromatic nitrogens is 1. The molecule has 0 radical (unpaired) electrons. The summed E-state index contributed by atoms with van der Waals surface area (Å²) in [6.45, 7) is 6.18. The number of aromatic amines is 1. The van der Waals surface area contributed by atoms with E-state index >= 15 is 0 Å². The summed E-state index contributed by atoms with van der Waals surface area (Å²) in [6.07, 6.45) is 5.55. The van der Waals surface area contributed by atoms with Crippen molar-refractivity contribution in [2.24, 2.45) is 4.99 Å². The summed E-state index contributed by atoms with van der Waals surface area (Å²) in [5.41, 5.74) is 6.48. The van der Waals surface area contributed by atoms with Crippen LogP contribution in [0.5, 0.6) is 5.88 Å². The molecule has 0 bridgehead atoms. The summed E-state index contributed by atoms with van der Waals surface area (Å²) in [5, 5.41) is 23.2. The third-order valence-electron chi connectivity index (χ3n) is 8.49. The zero-order valence-corrected chi connectivity index (χ0v) is 23.8. The van der Waals surface area contributed by atoms with Gasteiger partial charge in [-0.05, 0) is 73.7 Å². The molecule has 1 saturated heterocycles. The number of carbonyl (C=O) groups excluding carboxylic acids is 1. The molecule has 3 aromatic carbocycles. The maximum Gasteiger partial charge on any atom is 0.270 e. The number of benzene rings is 3. The van der Waals surface area contributed by atoms with Gasteiger partial charge in [0.2, 0.25) is 5.91 Å². The SMILES string of the molecule is CC(=O)N1CCc2cc(N=C(c3ccc(CCN4CCCCC4)cc3)c3c(O)[nH]c4ccc([N+](=O)[O-])cc34)ccc2C1. The van der Waals surface area contributed by atoms with Gasteiger partial charge in [0.1, 0.15) is 0 Å². The van der Waals surface area contributed by atoms with E-state index in [2.05, 4.69) is 22.0 Å². The second-order valence-electron chi connectivity index (χ2n) is 11.3. The molecule has 2 N–H and O–H groups in total. The van der Waals surface area contributed by atoms with E-state index in [0.717, 1.165) is 49.2 Å². The first-order chi connectivity index (χ1) is 20.4. The van der Waals surface area contributed by atoms with Crippen molar-refractivity contribution in [1.82, 2.24) is 14.8 Å². The Hall–Kier alpha value is -4.50. The van der Waals surface area contributed by atoms with Crippen molar-refractivity contribution in [1.29, 1.82) is 0 Å². The van der Waals surface area contributed by atoms with Crippen molar-refractivity contribution in [3.8, 4) is 5.88 Å². The monoisotopic (exact) mass is 565 g/mol. The van der Waals surface area contributed by atoms with Gasteiger partial charge in [0.05, 0.1) is 21.9 Å². The molecule has 1 fully saturated rings. The lowest BCUT2D eigenvalue weighted by Crippen LogP contribution is -2.34. The fraction of sp³-hybridized carbons (Fsp3) is 0.333. The van der Waals surface area contributed by atoms with Crippen LogP contribution in [0.1, 0.15) is 54.0 Å². The van der Waals surface area contributed by atoms with E-state index in [9.17, 15) is 20.0 Å². The number of piperidine rings is 1. The number of likely N-dealkylation sites (tertiary alicyclic amines) is 1. The molecule has 2 aliphatic heterocycles. The lowest BCUT2D eigenvalue weighted by atomic mass is 9.97. The second-order valence-corrected chi connectivity index (χ2v) is 11.3. The van der Waals surface area contributed by atoms with Gasteiger partial charge in [0.25, 0.3) is 5.69 Å². The molecule has 1 aromatic heterocycles. The average molecular weight is 566 g/mol. The van der Waals surface area contributed by atoms with E-state index < -0.39 is 4.92 Å². The number of non-ortho nitro benzene ring substituents is 1. The van der Waals surface area contributed by atoms with Gasteiger partial charge in [-0.1, -0.05) is 36.8 Å². The van der Waals surface area contributed by atoms with E-state index in [1.54, 1.807) is 13.0 Å². The highest BCUT2D eigenvalue weighted by molar-refractivity contribution is 6.22. The highest BCUT2D eigenvalue weighted by Crippen LogP contribution is 2.34. The van der Waals surface area contributed by atoms with Gasteiger partial charge in [-0.25, -0.2) is 4.99 Å². The smallest absolute Gasteiger partial charge is 0.270 e.